The summed E-state index contributed by atoms with van der Waals surface area (Å²) in [6.07, 6.45) is 3.57. The maximum absolute atomic E-state index is 12.5. The maximum atomic E-state index is 12.5. The van der Waals surface area contributed by atoms with E-state index in [-0.39, 0.29) is 0 Å². The molecule has 0 aliphatic rings. The summed E-state index contributed by atoms with van der Waals surface area (Å²) in [6, 6.07) is 13.8. The van der Waals surface area contributed by atoms with Gasteiger partial charge in [-0.25, -0.2) is 0 Å². The number of amides is 2. The highest BCUT2D eigenvalue weighted by Crippen LogP contribution is 2.28. The average Bonchev–Trinajstić information content (AvgIpc) is 2.77. The Hall–Kier alpha value is -3.61. The molecule has 0 spiro atoms. The van der Waals surface area contributed by atoms with Gasteiger partial charge in [-0.2, -0.15) is 0 Å². The highest BCUT2D eigenvalue weighted by Gasteiger charge is 2.14. The van der Waals surface area contributed by atoms with E-state index in [0.717, 1.165) is 18.2 Å². The molecule has 0 aliphatic heterocycles. The number of unbranched alkanes of at least 4 members (excludes halogenated alkanes) is 1. The monoisotopic (exact) mass is 393 g/mol. The number of aromatic nitrogens is 1. The lowest BCUT2D eigenvalue weighted by Crippen LogP contribution is -2.41. The van der Waals surface area contributed by atoms with E-state index in [1.54, 1.807) is 42.6 Å². The second kappa shape index (κ2) is 9.54. The normalized spacial score (nSPS) is 10.4. The first-order chi connectivity index (χ1) is 14.1. The third-order valence-electron chi connectivity index (χ3n) is 4.35. The van der Waals surface area contributed by atoms with Crippen molar-refractivity contribution >= 4 is 22.7 Å². The molecule has 150 valence electrons. The number of carbonyl (C=O) groups excluding carboxylic acids is 2. The first-order valence-corrected chi connectivity index (χ1v) is 9.39. The minimum absolute atomic E-state index is 0.334. The van der Waals surface area contributed by atoms with Gasteiger partial charge in [-0.05, 0) is 36.8 Å². The van der Waals surface area contributed by atoms with E-state index < -0.39 is 11.8 Å². The van der Waals surface area contributed by atoms with E-state index in [0.29, 0.717) is 34.7 Å². The Kier molecular flexibility index (Phi) is 6.63. The highest BCUT2D eigenvalue weighted by molar-refractivity contribution is 6.06. The average molecular weight is 393 g/mol. The van der Waals surface area contributed by atoms with E-state index >= 15 is 0 Å². The lowest BCUT2D eigenvalue weighted by molar-refractivity contribution is 0.0847. The van der Waals surface area contributed by atoms with Crippen LogP contribution in [0.3, 0.4) is 0 Å². The standard InChI is InChI=1S/C22H23N3O4/c1-3-4-13-29-18-11-10-16(14-19(18)28-2)21(26)24-25-22(27)17-9-5-7-15-8-6-12-23-20(15)17/h5-12,14H,3-4,13H2,1-2H3,(H,24,26)(H,25,27). The Morgan fingerprint density at radius 1 is 1.00 bits per heavy atom. The molecule has 29 heavy (non-hydrogen) atoms. The smallest absolute Gasteiger partial charge is 0.271 e. The zero-order chi connectivity index (χ0) is 20.6. The molecule has 0 bridgehead atoms. The predicted molar refractivity (Wildman–Crippen MR) is 110 cm³/mol. The van der Waals surface area contributed by atoms with Crippen LogP contribution in [-0.4, -0.2) is 30.5 Å². The molecule has 2 aromatic carbocycles. The van der Waals surface area contributed by atoms with Crippen molar-refractivity contribution in [2.24, 2.45) is 0 Å². The number of benzene rings is 2. The minimum atomic E-state index is -0.468. The third-order valence-corrected chi connectivity index (χ3v) is 4.35. The van der Waals surface area contributed by atoms with Gasteiger partial charge in [-0.15, -0.1) is 0 Å². The minimum Gasteiger partial charge on any atom is -0.493 e. The summed E-state index contributed by atoms with van der Waals surface area (Å²) in [5.74, 6) is 0.112. The van der Waals surface area contributed by atoms with Gasteiger partial charge >= 0.3 is 0 Å². The molecule has 1 heterocycles. The quantitative estimate of drug-likeness (QED) is 0.474. The van der Waals surface area contributed by atoms with Crippen molar-refractivity contribution in [2.45, 2.75) is 19.8 Å². The molecule has 0 aliphatic carbocycles. The van der Waals surface area contributed by atoms with E-state index in [4.69, 9.17) is 9.47 Å². The summed E-state index contributed by atoms with van der Waals surface area (Å²) in [4.78, 5) is 29.2. The second-order valence-electron chi connectivity index (χ2n) is 6.36. The van der Waals surface area contributed by atoms with Gasteiger partial charge in [0.1, 0.15) is 0 Å². The van der Waals surface area contributed by atoms with Gasteiger partial charge in [0.15, 0.2) is 11.5 Å². The number of ether oxygens (including phenoxy) is 2. The number of hydrogen-bond acceptors (Lipinski definition) is 5. The summed E-state index contributed by atoms with van der Waals surface area (Å²) in [5.41, 5.74) is 6.13. The Morgan fingerprint density at radius 3 is 2.59 bits per heavy atom. The number of nitrogens with one attached hydrogen (secondary N) is 2. The number of rotatable bonds is 7. The number of methoxy groups -OCH3 is 1. The molecule has 2 amide bonds. The van der Waals surface area contributed by atoms with Crippen LogP contribution in [0.5, 0.6) is 11.5 Å². The second-order valence-corrected chi connectivity index (χ2v) is 6.36. The molecule has 7 nitrogen and oxygen atoms in total. The fourth-order valence-electron chi connectivity index (χ4n) is 2.80. The molecule has 0 fully saturated rings. The first kappa shape index (κ1) is 20.1. The predicted octanol–water partition coefficient (Wildman–Crippen LogP) is 3.50. The van der Waals surface area contributed by atoms with Gasteiger partial charge < -0.3 is 9.47 Å². The summed E-state index contributed by atoms with van der Waals surface area (Å²) >= 11 is 0. The highest BCUT2D eigenvalue weighted by atomic mass is 16.5. The summed E-state index contributed by atoms with van der Waals surface area (Å²) < 4.78 is 11.0. The lowest BCUT2D eigenvalue weighted by Gasteiger charge is -2.13. The van der Waals surface area contributed by atoms with E-state index in [2.05, 4.69) is 22.8 Å². The molecule has 0 radical (unpaired) electrons. The molecule has 0 saturated heterocycles. The molecular formula is C22H23N3O4. The van der Waals surface area contributed by atoms with Crippen LogP contribution >= 0.6 is 0 Å². The van der Waals surface area contributed by atoms with Crippen molar-refractivity contribution in [3.8, 4) is 11.5 Å². The number of hydrogen-bond donors (Lipinski definition) is 2. The fraction of sp³-hybridized carbons (Fsp3) is 0.227. The number of fused-ring (bicyclic) bond motifs is 1. The van der Waals surface area contributed by atoms with Crippen LogP contribution in [0.15, 0.2) is 54.7 Å². The van der Waals surface area contributed by atoms with E-state index in [1.165, 1.54) is 7.11 Å². The van der Waals surface area contributed by atoms with Crippen LogP contribution in [-0.2, 0) is 0 Å². The van der Waals surface area contributed by atoms with Crippen LogP contribution in [0, 0.1) is 0 Å². The molecule has 3 aromatic rings. The summed E-state index contributed by atoms with van der Waals surface area (Å²) in [5, 5.41) is 0.842. The van der Waals surface area contributed by atoms with Crippen LogP contribution in [0.25, 0.3) is 10.9 Å². The molecule has 0 atom stereocenters. The summed E-state index contributed by atoms with van der Waals surface area (Å²) in [6.45, 7) is 2.66. The van der Waals surface area contributed by atoms with Gasteiger partial charge in [-0.3, -0.25) is 25.4 Å². The Morgan fingerprint density at radius 2 is 1.79 bits per heavy atom. The topological polar surface area (TPSA) is 89.6 Å². The van der Waals surface area contributed by atoms with Gasteiger partial charge in [-0.1, -0.05) is 31.5 Å². The molecular weight excluding hydrogens is 370 g/mol. The first-order valence-electron chi connectivity index (χ1n) is 9.39. The third kappa shape index (κ3) is 4.82. The van der Waals surface area contributed by atoms with Crippen molar-refractivity contribution in [1.82, 2.24) is 15.8 Å². The fourth-order valence-corrected chi connectivity index (χ4v) is 2.80. The van der Waals surface area contributed by atoms with Gasteiger partial charge in [0.2, 0.25) is 0 Å². The zero-order valence-electron chi connectivity index (χ0n) is 16.4. The Labute approximate surface area is 169 Å². The van der Waals surface area contributed by atoms with Crippen molar-refractivity contribution in [1.29, 1.82) is 0 Å². The Balaban J connectivity index is 1.67. The van der Waals surface area contributed by atoms with Gasteiger partial charge in [0.25, 0.3) is 11.8 Å². The van der Waals surface area contributed by atoms with Crippen molar-refractivity contribution < 1.29 is 19.1 Å². The molecule has 0 unspecified atom stereocenters. The number of hydrazine groups is 1. The van der Waals surface area contributed by atoms with Crippen molar-refractivity contribution in [3.05, 3.63) is 65.9 Å². The van der Waals surface area contributed by atoms with Crippen LogP contribution in [0.4, 0.5) is 0 Å². The molecule has 1 aromatic heterocycles. The van der Waals surface area contributed by atoms with Crippen LogP contribution in [0.1, 0.15) is 40.5 Å². The maximum Gasteiger partial charge on any atom is 0.271 e. The van der Waals surface area contributed by atoms with E-state index in [9.17, 15) is 9.59 Å². The van der Waals surface area contributed by atoms with Gasteiger partial charge in [0, 0.05) is 17.1 Å². The van der Waals surface area contributed by atoms with Crippen molar-refractivity contribution in [3.63, 3.8) is 0 Å². The lowest BCUT2D eigenvalue weighted by atomic mass is 10.1. The molecule has 7 heteroatoms. The van der Waals surface area contributed by atoms with E-state index in [1.807, 2.05) is 12.1 Å². The Bertz CT molecular complexity index is 1010. The zero-order valence-corrected chi connectivity index (χ0v) is 16.4. The number of carbonyl (C=O) groups is 2. The summed E-state index contributed by atoms with van der Waals surface area (Å²) in [7, 11) is 1.51. The number of pyridine rings is 1. The van der Waals surface area contributed by atoms with Crippen LogP contribution < -0.4 is 20.3 Å². The van der Waals surface area contributed by atoms with Crippen LogP contribution in [0.2, 0.25) is 0 Å². The number of para-hydroxylation sites is 1. The van der Waals surface area contributed by atoms with Gasteiger partial charge in [0.05, 0.1) is 24.8 Å². The van der Waals surface area contributed by atoms with Crippen molar-refractivity contribution in [2.75, 3.05) is 13.7 Å². The number of nitrogens with zero attached hydrogens (tertiary/aromatic N) is 1. The largest absolute Gasteiger partial charge is 0.493 e. The molecule has 3 rings (SSSR count). The molecule has 2 N–H and O–H groups in total. The molecule has 0 saturated carbocycles. The SMILES string of the molecule is CCCCOc1ccc(C(=O)NNC(=O)c2cccc3cccnc23)cc1OC.